The van der Waals surface area contributed by atoms with E-state index in [1.54, 1.807) is 18.7 Å². The minimum atomic E-state index is -2.97. The van der Waals surface area contributed by atoms with Gasteiger partial charge in [0.05, 0.1) is 35.7 Å². The number of nitrogens with two attached hydrogens (primary N) is 1. The zero-order valence-electron chi connectivity index (χ0n) is 18.6. The average Bonchev–Trinajstić information content (AvgIpc) is 2.78. The van der Waals surface area contributed by atoms with E-state index in [0.29, 0.717) is 26.3 Å². The quantitative estimate of drug-likeness (QED) is 0.514. The van der Waals surface area contributed by atoms with Crippen LogP contribution in [0.1, 0.15) is 41.8 Å². The van der Waals surface area contributed by atoms with Gasteiger partial charge >= 0.3 is 0 Å². The van der Waals surface area contributed by atoms with E-state index in [1.807, 2.05) is 0 Å². The van der Waals surface area contributed by atoms with Crippen molar-refractivity contribution in [3.63, 3.8) is 0 Å². The van der Waals surface area contributed by atoms with Gasteiger partial charge in [0.2, 0.25) is 0 Å². The number of alkyl halides is 2. The number of carbonyl (C=O) groups excluding carboxylic acids is 1. The normalized spacial score (nSPS) is 14.5. The van der Waals surface area contributed by atoms with Gasteiger partial charge in [-0.25, -0.2) is 17.6 Å². The smallest absolute Gasteiger partial charge is 0.266 e. The second-order valence-electron chi connectivity index (χ2n) is 8.47. The van der Waals surface area contributed by atoms with Gasteiger partial charge in [-0.3, -0.25) is 4.79 Å². The Kier molecular flexibility index (Phi) is 7.80. The van der Waals surface area contributed by atoms with Crippen LogP contribution in [0, 0.1) is 11.6 Å². The van der Waals surface area contributed by atoms with E-state index in [9.17, 15) is 22.4 Å². The number of carbonyl (C=O) groups is 1. The molecule has 6 nitrogen and oxygen atoms in total. The number of ether oxygens (including phenoxy) is 1. The number of anilines is 2. The zero-order chi connectivity index (χ0) is 24.2. The molecule has 1 aliphatic rings. The van der Waals surface area contributed by atoms with Gasteiger partial charge in [0.1, 0.15) is 11.6 Å². The van der Waals surface area contributed by atoms with Crippen LogP contribution < -0.4 is 21.3 Å². The molecular weight excluding hydrogens is 440 g/mol. The lowest BCUT2D eigenvalue weighted by Crippen LogP contribution is -2.40. The molecule has 0 atom stereocenters. The first-order valence-corrected chi connectivity index (χ1v) is 10.6. The van der Waals surface area contributed by atoms with Gasteiger partial charge in [-0.1, -0.05) is 18.2 Å². The topological polar surface area (TPSA) is 79.6 Å². The molecule has 3 rings (SSSR count). The molecule has 0 unspecified atom stereocenters. The third-order valence-corrected chi connectivity index (χ3v) is 5.45. The molecule has 0 saturated carbocycles. The number of amides is 1. The predicted molar refractivity (Wildman–Crippen MR) is 119 cm³/mol. The summed E-state index contributed by atoms with van der Waals surface area (Å²) in [4.78, 5) is 14.8. The summed E-state index contributed by atoms with van der Waals surface area (Å²) in [5.74, 6) is -2.19. The zero-order valence-corrected chi connectivity index (χ0v) is 18.6. The van der Waals surface area contributed by atoms with Crippen molar-refractivity contribution in [2.24, 2.45) is 5.73 Å². The lowest BCUT2D eigenvalue weighted by atomic mass is 10.0. The van der Waals surface area contributed by atoms with Gasteiger partial charge in [0.15, 0.2) is 0 Å². The standard InChI is InChI=1S/C23H28F4N4O2/c1-23(2,13-28)30-18-11-17(24)19(31-6-8-33-9-7-31)10-16(18)22(32)29-12-14-4-3-5-15(20(14)25)21(26)27/h3-5,10-11,21,30H,6-9,12-13,28H2,1-2H3,(H,29,32). The lowest BCUT2D eigenvalue weighted by molar-refractivity contribution is 0.0951. The second kappa shape index (κ2) is 10.4. The Hall–Kier alpha value is -2.85. The SMILES string of the molecule is CC(C)(CN)Nc1cc(F)c(N2CCOCC2)cc1C(=O)NCc1cccc(C(F)F)c1F. The number of nitrogens with one attached hydrogen (secondary N) is 2. The van der Waals surface area contributed by atoms with Crippen LogP contribution in [-0.2, 0) is 11.3 Å². The molecule has 180 valence electrons. The summed E-state index contributed by atoms with van der Waals surface area (Å²) in [5, 5.41) is 5.64. The molecule has 0 aliphatic carbocycles. The molecule has 1 aliphatic heterocycles. The van der Waals surface area contributed by atoms with E-state index < -0.39 is 35.1 Å². The summed E-state index contributed by atoms with van der Waals surface area (Å²) >= 11 is 0. The molecule has 1 heterocycles. The van der Waals surface area contributed by atoms with Crippen molar-refractivity contribution in [1.29, 1.82) is 0 Å². The highest BCUT2D eigenvalue weighted by atomic mass is 19.3. The largest absolute Gasteiger partial charge is 0.378 e. The highest BCUT2D eigenvalue weighted by molar-refractivity contribution is 6.00. The molecule has 1 amide bonds. The molecule has 10 heteroatoms. The predicted octanol–water partition coefficient (Wildman–Crippen LogP) is 3.82. The van der Waals surface area contributed by atoms with E-state index in [1.165, 1.54) is 24.3 Å². The van der Waals surface area contributed by atoms with Gasteiger partial charge in [0, 0.05) is 37.3 Å². The minimum Gasteiger partial charge on any atom is -0.378 e. The number of halogens is 4. The van der Waals surface area contributed by atoms with Crippen LogP contribution in [0.4, 0.5) is 28.9 Å². The Morgan fingerprint density at radius 3 is 2.55 bits per heavy atom. The number of hydrogen-bond donors (Lipinski definition) is 3. The van der Waals surface area contributed by atoms with Crippen molar-refractivity contribution in [1.82, 2.24) is 5.32 Å². The molecule has 4 N–H and O–H groups in total. The van der Waals surface area contributed by atoms with Crippen LogP contribution in [0.15, 0.2) is 30.3 Å². The van der Waals surface area contributed by atoms with Crippen molar-refractivity contribution < 1.29 is 27.1 Å². The Labute approximate surface area is 190 Å². The maximum absolute atomic E-state index is 15.0. The summed E-state index contributed by atoms with van der Waals surface area (Å²) in [6, 6.07) is 6.28. The molecule has 33 heavy (non-hydrogen) atoms. The van der Waals surface area contributed by atoms with Crippen LogP contribution in [0.2, 0.25) is 0 Å². The Morgan fingerprint density at radius 2 is 1.91 bits per heavy atom. The van der Waals surface area contributed by atoms with E-state index in [4.69, 9.17) is 10.5 Å². The monoisotopic (exact) mass is 468 g/mol. The molecule has 1 saturated heterocycles. The second-order valence-corrected chi connectivity index (χ2v) is 8.47. The van der Waals surface area contributed by atoms with Crippen molar-refractivity contribution in [2.75, 3.05) is 43.1 Å². The van der Waals surface area contributed by atoms with Gasteiger partial charge in [-0.05, 0) is 26.0 Å². The van der Waals surface area contributed by atoms with Crippen LogP contribution >= 0.6 is 0 Å². The summed E-state index contributed by atoms with van der Waals surface area (Å²) in [6.45, 7) is 5.29. The average molecular weight is 468 g/mol. The number of nitrogens with zero attached hydrogens (tertiary/aromatic N) is 1. The van der Waals surface area contributed by atoms with Gasteiger partial charge < -0.3 is 26.0 Å². The first kappa shape index (κ1) is 24.8. The van der Waals surface area contributed by atoms with Crippen LogP contribution in [0.25, 0.3) is 0 Å². The van der Waals surface area contributed by atoms with E-state index in [2.05, 4.69) is 10.6 Å². The van der Waals surface area contributed by atoms with E-state index in [0.717, 1.165) is 6.07 Å². The fraction of sp³-hybridized carbons (Fsp3) is 0.435. The number of rotatable bonds is 8. The summed E-state index contributed by atoms with van der Waals surface area (Å²) < 4.78 is 60.6. The summed E-state index contributed by atoms with van der Waals surface area (Å²) in [7, 11) is 0. The van der Waals surface area contributed by atoms with Gasteiger partial charge in [-0.15, -0.1) is 0 Å². The molecule has 0 spiro atoms. The van der Waals surface area contributed by atoms with Crippen LogP contribution in [-0.4, -0.2) is 44.3 Å². The Bertz CT molecular complexity index is 995. The molecule has 0 bridgehead atoms. The van der Waals surface area contributed by atoms with Crippen molar-refractivity contribution in [2.45, 2.75) is 32.4 Å². The number of benzene rings is 2. The van der Waals surface area contributed by atoms with Gasteiger partial charge in [-0.2, -0.15) is 0 Å². The molecular formula is C23H28F4N4O2. The fourth-order valence-electron chi connectivity index (χ4n) is 3.49. The van der Waals surface area contributed by atoms with Crippen LogP contribution in [0.5, 0.6) is 0 Å². The molecule has 2 aromatic carbocycles. The maximum atomic E-state index is 15.0. The van der Waals surface area contributed by atoms with Crippen molar-refractivity contribution in [3.8, 4) is 0 Å². The van der Waals surface area contributed by atoms with E-state index >= 15 is 0 Å². The Morgan fingerprint density at radius 1 is 1.21 bits per heavy atom. The molecule has 2 aromatic rings. The maximum Gasteiger partial charge on any atom is 0.266 e. The first-order chi connectivity index (χ1) is 15.6. The van der Waals surface area contributed by atoms with E-state index in [-0.39, 0.29) is 35.6 Å². The third-order valence-electron chi connectivity index (χ3n) is 5.45. The highest BCUT2D eigenvalue weighted by Gasteiger charge is 2.25. The highest BCUT2D eigenvalue weighted by Crippen LogP contribution is 2.30. The van der Waals surface area contributed by atoms with Gasteiger partial charge in [0.25, 0.3) is 12.3 Å². The molecule has 1 fully saturated rings. The summed E-state index contributed by atoms with van der Waals surface area (Å²) in [6.07, 6.45) is -2.97. The summed E-state index contributed by atoms with van der Waals surface area (Å²) in [5.41, 5.74) is 4.92. The fourth-order valence-corrected chi connectivity index (χ4v) is 3.49. The number of morpholine rings is 1. The minimum absolute atomic E-state index is 0.0755. The Balaban J connectivity index is 1.91. The van der Waals surface area contributed by atoms with Crippen molar-refractivity contribution in [3.05, 3.63) is 58.7 Å². The molecule has 0 radical (unpaired) electrons. The third kappa shape index (κ3) is 5.94. The lowest BCUT2D eigenvalue weighted by Gasteiger charge is -2.31. The number of hydrogen-bond acceptors (Lipinski definition) is 5. The van der Waals surface area contributed by atoms with Crippen molar-refractivity contribution >= 4 is 17.3 Å². The van der Waals surface area contributed by atoms with Crippen LogP contribution in [0.3, 0.4) is 0 Å². The first-order valence-electron chi connectivity index (χ1n) is 10.6. The molecule has 0 aromatic heterocycles.